The Morgan fingerprint density at radius 3 is 2.55 bits per heavy atom. The molecule has 0 spiro atoms. The topological polar surface area (TPSA) is 24.1 Å². The first-order valence-electron chi connectivity index (χ1n) is 7.85. The van der Waals surface area contributed by atoms with E-state index in [2.05, 4.69) is 34.9 Å². The first-order chi connectivity index (χ1) is 9.70. The van der Waals surface area contributed by atoms with E-state index >= 15 is 0 Å². The van der Waals surface area contributed by atoms with Gasteiger partial charge in [-0.25, -0.2) is 4.39 Å². The normalized spacial score (nSPS) is 36.8. The van der Waals surface area contributed by atoms with Crippen molar-refractivity contribution >= 4 is 0 Å². The van der Waals surface area contributed by atoms with Gasteiger partial charge in [0.2, 0.25) is 0 Å². The van der Waals surface area contributed by atoms with Crippen molar-refractivity contribution in [3.8, 4) is 0 Å². The number of alkyl halides is 1. The Hall–Kier alpha value is -0.930. The third-order valence-corrected chi connectivity index (χ3v) is 4.99. The van der Waals surface area contributed by atoms with E-state index in [1.807, 2.05) is 13.1 Å². The van der Waals surface area contributed by atoms with Crippen LogP contribution in [0.3, 0.4) is 0 Å². The van der Waals surface area contributed by atoms with E-state index in [1.165, 1.54) is 5.56 Å². The molecular formula is C17H25FN2. The maximum atomic E-state index is 14.7. The molecule has 1 aromatic rings. The number of nitrogens with one attached hydrogen (secondary N) is 2. The fraction of sp³-hybridized carbons (Fsp3) is 0.647. The van der Waals surface area contributed by atoms with Gasteiger partial charge >= 0.3 is 0 Å². The van der Waals surface area contributed by atoms with E-state index < -0.39 is 5.67 Å². The van der Waals surface area contributed by atoms with E-state index in [9.17, 15) is 4.39 Å². The molecule has 0 radical (unpaired) electrons. The number of halogens is 1. The Bertz CT molecular complexity index is 426. The third-order valence-electron chi connectivity index (χ3n) is 4.99. The van der Waals surface area contributed by atoms with Crippen molar-refractivity contribution in [3.63, 3.8) is 0 Å². The zero-order valence-corrected chi connectivity index (χ0v) is 12.2. The summed E-state index contributed by atoms with van der Waals surface area (Å²) in [6, 6.07) is 11.6. The highest BCUT2D eigenvalue weighted by Crippen LogP contribution is 2.41. The standard InChI is InChI=1S/C17H25FN2/c1-19-14-7-9-17(18,10-8-14)12-20-16-11-15(16)13-5-3-2-4-6-13/h2-6,14-16,19-20H,7-12H2,1H3. The van der Waals surface area contributed by atoms with Gasteiger partial charge < -0.3 is 10.6 Å². The van der Waals surface area contributed by atoms with Gasteiger partial charge in [0.1, 0.15) is 5.67 Å². The molecule has 3 rings (SSSR count). The van der Waals surface area contributed by atoms with Gasteiger partial charge in [0.15, 0.2) is 0 Å². The summed E-state index contributed by atoms with van der Waals surface area (Å²) in [5.41, 5.74) is 0.397. The first-order valence-corrected chi connectivity index (χ1v) is 7.85. The first kappa shape index (κ1) is 14.0. The van der Waals surface area contributed by atoms with Gasteiger partial charge in [0.25, 0.3) is 0 Å². The second-order valence-electron chi connectivity index (χ2n) is 6.45. The van der Waals surface area contributed by atoms with Crippen LogP contribution in [0, 0.1) is 0 Å². The summed E-state index contributed by atoms with van der Waals surface area (Å²) >= 11 is 0. The smallest absolute Gasteiger partial charge is 0.123 e. The number of hydrogen-bond donors (Lipinski definition) is 2. The van der Waals surface area contributed by atoms with Crippen molar-refractivity contribution in [2.75, 3.05) is 13.6 Å². The number of rotatable bonds is 5. The molecule has 0 aliphatic heterocycles. The minimum atomic E-state index is -0.989. The predicted molar refractivity (Wildman–Crippen MR) is 80.7 cm³/mol. The van der Waals surface area contributed by atoms with Crippen molar-refractivity contribution in [3.05, 3.63) is 35.9 Å². The van der Waals surface area contributed by atoms with Crippen molar-refractivity contribution in [2.24, 2.45) is 0 Å². The molecule has 2 atom stereocenters. The molecule has 0 amide bonds. The van der Waals surface area contributed by atoms with Crippen LogP contribution in [0.5, 0.6) is 0 Å². The number of benzene rings is 1. The second kappa shape index (κ2) is 5.82. The van der Waals surface area contributed by atoms with E-state index in [0.29, 0.717) is 37.4 Å². The van der Waals surface area contributed by atoms with Crippen molar-refractivity contribution in [1.82, 2.24) is 10.6 Å². The Morgan fingerprint density at radius 1 is 1.20 bits per heavy atom. The second-order valence-corrected chi connectivity index (χ2v) is 6.45. The highest BCUT2D eigenvalue weighted by Gasteiger charge is 2.41. The maximum absolute atomic E-state index is 14.7. The summed E-state index contributed by atoms with van der Waals surface area (Å²) in [4.78, 5) is 0. The molecule has 0 aromatic heterocycles. The van der Waals surface area contributed by atoms with Crippen molar-refractivity contribution in [1.29, 1.82) is 0 Å². The molecule has 20 heavy (non-hydrogen) atoms. The summed E-state index contributed by atoms with van der Waals surface area (Å²) < 4.78 is 14.7. The maximum Gasteiger partial charge on any atom is 0.123 e. The van der Waals surface area contributed by atoms with Crippen LogP contribution in [0.4, 0.5) is 4.39 Å². The predicted octanol–water partition coefficient (Wildman–Crippen LogP) is 3.00. The van der Waals surface area contributed by atoms with Crippen LogP contribution in [0.1, 0.15) is 43.6 Å². The summed E-state index contributed by atoms with van der Waals surface area (Å²) in [7, 11) is 1.98. The highest BCUT2D eigenvalue weighted by atomic mass is 19.1. The van der Waals surface area contributed by atoms with Crippen LogP contribution in [0.25, 0.3) is 0 Å². The molecule has 2 N–H and O–H groups in total. The summed E-state index contributed by atoms with van der Waals surface area (Å²) in [6.07, 6.45) is 4.45. The Kier molecular flexibility index (Phi) is 4.08. The average Bonchev–Trinajstić information content (AvgIpc) is 3.27. The average molecular weight is 276 g/mol. The minimum absolute atomic E-state index is 0.479. The van der Waals surface area contributed by atoms with Crippen LogP contribution in [0.2, 0.25) is 0 Å². The summed E-state index contributed by atoms with van der Waals surface area (Å²) in [5.74, 6) is 0.591. The molecule has 3 heteroatoms. The molecule has 2 aliphatic rings. The lowest BCUT2D eigenvalue weighted by Crippen LogP contribution is -2.44. The van der Waals surface area contributed by atoms with E-state index in [4.69, 9.17) is 0 Å². The van der Waals surface area contributed by atoms with Crippen LogP contribution >= 0.6 is 0 Å². The van der Waals surface area contributed by atoms with Crippen LogP contribution in [-0.4, -0.2) is 31.3 Å². The van der Waals surface area contributed by atoms with Crippen molar-refractivity contribution < 1.29 is 4.39 Å². The molecule has 2 saturated carbocycles. The molecular weight excluding hydrogens is 251 g/mol. The lowest BCUT2D eigenvalue weighted by atomic mass is 9.83. The van der Waals surface area contributed by atoms with Gasteiger partial charge in [-0.3, -0.25) is 0 Å². The van der Waals surface area contributed by atoms with Gasteiger partial charge in [-0.1, -0.05) is 30.3 Å². The number of hydrogen-bond acceptors (Lipinski definition) is 2. The lowest BCUT2D eigenvalue weighted by molar-refractivity contribution is 0.0922. The molecule has 0 saturated heterocycles. The van der Waals surface area contributed by atoms with Crippen molar-refractivity contribution in [2.45, 2.75) is 55.8 Å². The lowest BCUT2D eigenvalue weighted by Gasteiger charge is -2.34. The Balaban J connectivity index is 1.45. The third kappa shape index (κ3) is 3.21. The molecule has 2 aliphatic carbocycles. The molecule has 0 bridgehead atoms. The van der Waals surface area contributed by atoms with Crippen LogP contribution in [-0.2, 0) is 0 Å². The molecule has 1 aromatic carbocycles. The fourth-order valence-corrected chi connectivity index (χ4v) is 3.40. The molecule has 2 unspecified atom stereocenters. The molecule has 2 nitrogen and oxygen atoms in total. The molecule has 110 valence electrons. The van der Waals surface area contributed by atoms with Gasteiger partial charge in [-0.05, 0) is 44.7 Å². The van der Waals surface area contributed by atoms with Crippen LogP contribution < -0.4 is 10.6 Å². The van der Waals surface area contributed by atoms with Crippen LogP contribution in [0.15, 0.2) is 30.3 Å². The summed E-state index contributed by atoms with van der Waals surface area (Å²) in [5, 5.41) is 6.71. The Morgan fingerprint density at radius 2 is 1.90 bits per heavy atom. The van der Waals surface area contributed by atoms with E-state index in [-0.39, 0.29) is 0 Å². The molecule has 0 heterocycles. The van der Waals surface area contributed by atoms with E-state index in [1.54, 1.807) is 0 Å². The quantitative estimate of drug-likeness (QED) is 0.864. The largest absolute Gasteiger partial charge is 0.317 e. The SMILES string of the molecule is CNC1CCC(F)(CNC2CC2c2ccccc2)CC1. The monoisotopic (exact) mass is 276 g/mol. The Labute approximate surface area is 121 Å². The van der Waals surface area contributed by atoms with Gasteiger partial charge in [0.05, 0.1) is 0 Å². The van der Waals surface area contributed by atoms with E-state index in [0.717, 1.165) is 19.3 Å². The van der Waals surface area contributed by atoms with Gasteiger partial charge in [-0.15, -0.1) is 0 Å². The molecule has 2 fully saturated rings. The van der Waals surface area contributed by atoms with Gasteiger partial charge in [-0.2, -0.15) is 0 Å². The zero-order chi connectivity index (χ0) is 14.0. The summed E-state index contributed by atoms with van der Waals surface area (Å²) in [6.45, 7) is 0.525. The zero-order valence-electron chi connectivity index (χ0n) is 12.2. The highest BCUT2D eigenvalue weighted by molar-refractivity contribution is 5.27. The fourth-order valence-electron chi connectivity index (χ4n) is 3.40. The van der Waals surface area contributed by atoms with Gasteiger partial charge in [0, 0.05) is 24.5 Å². The minimum Gasteiger partial charge on any atom is -0.317 e.